The van der Waals surface area contributed by atoms with Crippen LogP contribution in [0.5, 0.6) is 0 Å². The summed E-state index contributed by atoms with van der Waals surface area (Å²) >= 11 is 0. The third-order valence-corrected chi connectivity index (χ3v) is 5.11. The molecule has 0 aromatic carbocycles. The zero-order valence-electron chi connectivity index (χ0n) is 19.0. The number of aliphatic imine (C=N–C) groups is 1. The molecule has 1 aliphatic carbocycles. The smallest absolute Gasteiger partial charge is 0.407 e. The Hall–Kier alpha value is -1.26. The van der Waals surface area contributed by atoms with E-state index in [0.29, 0.717) is 25.6 Å². The minimum Gasteiger partial charge on any atom is -0.444 e. The Kier molecular flexibility index (Phi) is 11.8. The highest BCUT2D eigenvalue weighted by Gasteiger charge is 2.28. The Balaban J connectivity index is 0.00000450. The summed E-state index contributed by atoms with van der Waals surface area (Å²) < 4.78 is 5.34. The lowest BCUT2D eigenvalue weighted by atomic mass is 9.95. The summed E-state index contributed by atoms with van der Waals surface area (Å²) in [5, 5.41) is 9.36. The molecule has 2 aliphatic rings. The Morgan fingerprint density at radius 3 is 2.40 bits per heavy atom. The van der Waals surface area contributed by atoms with Crippen LogP contribution in [0.15, 0.2) is 4.99 Å². The summed E-state index contributed by atoms with van der Waals surface area (Å²) in [5.41, 5.74) is -0.503. The molecule has 30 heavy (non-hydrogen) atoms. The number of likely N-dealkylation sites (tertiary alicyclic amines) is 1. The van der Waals surface area contributed by atoms with E-state index < -0.39 is 5.60 Å². The summed E-state index contributed by atoms with van der Waals surface area (Å²) in [6, 6.07) is 0.370. The van der Waals surface area contributed by atoms with Crippen molar-refractivity contribution in [2.45, 2.75) is 90.3 Å². The molecule has 2 amide bonds. The molecule has 9 heteroatoms. The van der Waals surface area contributed by atoms with Crippen molar-refractivity contribution in [2.75, 3.05) is 26.2 Å². The SMILES string of the molecule is CCNC(=NCCC(=O)NC1CCCCC1)N1CCC(NC(=O)OC(C)(C)C)C1.I. The maximum atomic E-state index is 12.2. The van der Waals surface area contributed by atoms with Crippen LogP contribution in [0, 0.1) is 0 Å². The zero-order chi connectivity index (χ0) is 21.3. The summed E-state index contributed by atoms with van der Waals surface area (Å²) in [7, 11) is 0. The van der Waals surface area contributed by atoms with Gasteiger partial charge in [0.05, 0.1) is 12.6 Å². The maximum Gasteiger partial charge on any atom is 0.407 e. The van der Waals surface area contributed by atoms with Crippen molar-refractivity contribution in [3.63, 3.8) is 0 Å². The lowest BCUT2D eigenvalue weighted by Crippen LogP contribution is -2.44. The number of alkyl carbamates (subject to hydrolysis) is 1. The molecular formula is C21H40IN5O3. The number of halogens is 1. The van der Waals surface area contributed by atoms with Crippen LogP contribution in [0.4, 0.5) is 4.79 Å². The molecule has 8 nitrogen and oxygen atoms in total. The molecule has 0 aromatic rings. The Morgan fingerprint density at radius 2 is 1.77 bits per heavy atom. The number of amides is 2. The first-order valence-electron chi connectivity index (χ1n) is 11.1. The molecule has 1 atom stereocenters. The second-order valence-electron chi connectivity index (χ2n) is 8.97. The molecule has 1 saturated carbocycles. The van der Waals surface area contributed by atoms with Gasteiger partial charge in [0, 0.05) is 32.1 Å². The molecule has 0 spiro atoms. The van der Waals surface area contributed by atoms with Gasteiger partial charge in [-0.1, -0.05) is 19.3 Å². The van der Waals surface area contributed by atoms with Gasteiger partial charge in [0.25, 0.3) is 0 Å². The number of rotatable bonds is 6. The van der Waals surface area contributed by atoms with Gasteiger partial charge in [0.15, 0.2) is 5.96 Å². The van der Waals surface area contributed by atoms with Gasteiger partial charge in [0.1, 0.15) is 5.60 Å². The van der Waals surface area contributed by atoms with Gasteiger partial charge in [-0.15, -0.1) is 24.0 Å². The second kappa shape index (κ2) is 13.2. The van der Waals surface area contributed by atoms with Gasteiger partial charge in [-0.05, 0) is 47.0 Å². The minimum atomic E-state index is -0.503. The lowest BCUT2D eigenvalue weighted by Gasteiger charge is -2.24. The molecule has 1 aliphatic heterocycles. The molecule has 1 heterocycles. The minimum absolute atomic E-state index is 0. The van der Waals surface area contributed by atoms with Crippen LogP contribution >= 0.6 is 24.0 Å². The Bertz CT molecular complexity index is 573. The number of hydrogen-bond acceptors (Lipinski definition) is 4. The molecule has 1 saturated heterocycles. The average molecular weight is 537 g/mol. The number of hydrogen-bond donors (Lipinski definition) is 3. The summed E-state index contributed by atoms with van der Waals surface area (Å²) in [4.78, 5) is 30.9. The van der Waals surface area contributed by atoms with Gasteiger partial charge in [-0.3, -0.25) is 9.79 Å². The Labute approximate surface area is 198 Å². The lowest BCUT2D eigenvalue weighted by molar-refractivity contribution is -0.121. The van der Waals surface area contributed by atoms with Crippen molar-refractivity contribution in [1.29, 1.82) is 0 Å². The summed E-state index contributed by atoms with van der Waals surface area (Å²) in [6.07, 6.45) is 6.75. The highest BCUT2D eigenvalue weighted by molar-refractivity contribution is 14.0. The van der Waals surface area contributed by atoms with Crippen LogP contribution in [0.1, 0.15) is 72.6 Å². The zero-order valence-corrected chi connectivity index (χ0v) is 21.3. The molecular weight excluding hydrogens is 497 g/mol. The van der Waals surface area contributed by atoms with E-state index in [1.54, 1.807) is 0 Å². The highest BCUT2D eigenvalue weighted by Crippen LogP contribution is 2.17. The van der Waals surface area contributed by atoms with E-state index in [9.17, 15) is 9.59 Å². The first-order valence-corrected chi connectivity index (χ1v) is 11.1. The fraction of sp³-hybridized carbons (Fsp3) is 0.857. The fourth-order valence-electron chi connectivity index (χ4n) is 3.78. The molecule has 3 N–H and O–H groups in total. The van der Waals surface area contributed by atoms with Gasteiger partial charge < -0.3 is 25.6 Å². The van der Waals surface area contributed by atoms with E-state index in [4.69, 9.17) is 4.74 Å². The highest BCUT2D eigenvalue weighted by atomic mass is 127. The van der Waals surface area contributed by atoms with Crippen molar-refractivity contribution in [1.82, 2.24) is 20.9 Å². The predicted molar refractivity (Wildman–Crippen MR) is 130 cm³/mol. The number of guanidine groups is 1. The van der Waals surface area contributed by atoms with E-state index in [1.165, 1.54) is 19.3 Å². The van der Waals surface area contributed by atoms with Crippen LogP contribution in [0.3, 0.4) is 0 Å². The van der Waals surface area contributed by atoms with E-state index >= 15 is 0 Å². The second-order valence-corrected chi connectivity index (χ2v) is 8.97. The predicted octanol–water partition coefficient (Wildman–Crippen LogP) is 3.01. The molecule has 1 unspecified atom stereocenters. The first kappa shape index (κ1) is 26.8. The summed E-state index contributed by atoms with van der Waals surface area (Å²) in [6.45, 7) is 10.3. The molecule has 0 aromatic heterocycles. The number of carbonyl (C=O) groups is 2. The van der Waals surface area contributed by atoms with E-state index in [0.717, 1.165) is 38.3 Å². The van der Waals surface area contributed by atoms with Crippen molar-refractivity contribution < 1.29 is 14.3 Å². The van der Waals surface area contributed by atoms with Gasteiger partial charge >= 0.3 is 6.09 Å². The molecule has 0 bridgehead atoms. The van der Waals surface area contributed by atoms with Crippen molar-refractivity contribution >= 4 is 41.9 Å². The molecule has 0 radical (unpaired) electrons. The normalized spacial score (nSPS) is 20.3. The third kappa shape index (κ3) is 10.2. The first-order chi connectivity index (χ1) is 13.8. The van der Waals surface area contributed by atoms with Gasteiger partial charge in [-0.2, -0.15) is 0 Å². The van der Waals surface area contributed by atoms with Crippen LogP contribution < -0.4 is 16.0 Å². The number of nitrogens with one attached hydrogen (secondary N) is 3. The largest absolute Gasteiger partial charge is 0.444 e. The van der Waals surface area contributed by atoms with Crippen LogP contribution in [0.2, 0.25) is 0 Å². The topological polar surface area (TPSA) is 95.1 Å². The fourth-order valence-corrected chi connectivity index (χ4v) is 3.78. The van der Waals surface area contributed by atoms with E-state index in [2.05, 4.69) is 25.8 Å². The van der Waals surface area contributed by atoms with Gasteiger partial charge in [-0.25, -0.2) is 4.79 Å². The maximum absolute atomic E-state index is 12.2. The molecule has 2 rings (SSSR count). The average Bonchev–Trinajstić information content (AvgIpc) is 3.08. The monoisotopic (exact) mass is 537 g/mol. The number of ether oxygens (including phenoxy) is 1. The van der Waals surface area contributed by atoms with Crippen LogP contribution in [0.25, 0.3) is 0 Å². The molecule has 2 fully saturated rings. The van der Waals surface area contributed by atoms with E-state index in [-0.39, 0.29) is 42.0 Å². The Morgan fingerprint density at radius 1 is 1.07 bits per heavy atom. The third-order valence-electron chi connectivity index (χ3n) is 5.11. The standard InChI is InChI=1S/C21H39N5O3.HI/c1-5-22-19(23-13-11-18(27)24-16-9-7-6-8-10-16)26-14-12-17(15-26)25-20(28)29-21(2,3)4;/h16-17H,5-15H2,1-4H3,(H,22,23)(H,24,27)(H,25,28);1H. The number of nitrogens with zero attached hydrogens (tertiary/aromatic N) is 2. The van der Waals surface area contributed by atoms with Crippen molar-refractivity contribution in [3.05, 3.63) is 0 Å². The van der Waals surface area contributed by atoms with E-state index in [1.807, 2.05) is 27.7 Å². The van der Waals surface area contributed by atoms with Crippen LogP contribution in [-0.2, 0) is 9.53 Å². The summed E-state index contributed by atoms with van der Waals surface area (Å²) in [5.74, 6) is 0.883. The van der Waals surface area contributed by atoms with Crippen LogP contribution in [-0.4, -0.2) is 66.7 Å². The molecule has 174 valence electrons. The van der Waals surface area contributed by atoms with Crippen molar-refractivity contribution in [2.24, 2.45) is 4.99 Å². The number of carbonyl (C=O) groups excluding carboxylic acids is 2. The quantitative estimate of drug-likeness (QED) is 0.275. The van der Waals surface area contributed by atoms with Gasteiger partial charge in [0.2, 0.25) is 5.91 Å². The van der Waals surface area contributed by atoms with Crippen molar-refractivity contribution in [3.8, 4) is 0 Å².